The van der Waals surface area contributed by atoms with Crippen LogP contribution in [0.4, 0.5) is 0 Å². The van der Waals surface area contributed by atoms with Gasteiger partial charge >= 0.3 is 0 Å². The van der Waals surface area contributed by atoms with E-state index in [4.69, 9.17) is 0 Å². The number of alkyl halides is 1. The van der Waals surface area contributed by atoms with Gasteiger partial charge in [0.05, 0.1) is 10.6 Å². The van der Waals surface area contributed by atoms with Crippen LogP contribution in [0.1, 0.15) is 45.1 Å². The molecule has 0 atom stereocenters. The van der Waals surface area contributed by atoms with Crippen molar-refractivity contribution in [3.8, 4) is 0 Å². The summed E-state index contributed by atoms with van der Waals surface area (Å²) in [5.41, 5.74) is 0.689. The fraction of sp³-hybridized carbons (Fsp3) is 0.625. The minimum Gasteiger partial charge on any atom is -0.224 e. The number of hydrogen-bond acceptors (Lipinski definition) is 2. The Morgan fingerprint density at radius 3 is 2.10 bits per heavy atom. The molecule has 1 rings (SSSR count). The maximum atomic E-state index is 12.8. The van der Waals surface area contributed by atoms with Crippen LogP contribution >= 0.6 is 15.9 Å². The van der Waals surface area contributed by atoms with E-state index >= 15 is 0 Å². The van der Waals surface area contributed by atoms with E-state index in [0.29, 0.717) is 4.90 Å². The molecule has 1 aromatic rings. The second-order valence-corrected chi connectivity index (χ2v) is 8.18. The highest BCUT2D eigenvalue weighted by Gasteiger charge is 2.34. The van der Waals surface area contributed by atoms with E-state index in [9.17, 15) is 8.42 Å². The average molecular weight is 361 g/mol. The Hall–Kier alpha value is -0.350. The van der Waals surface area contributed by atoms with Crippen molar-refractivity contribution in [2.45, 2.75) is 51.3 Å². The molecule has 20 heavy (non-hydrogen) atoms. The van der Waals surface area contributed by atoms with Crippen LogP contribution in [-0.4, -0.2) is 19.5 Å². The van der Waals surface area contributed by atoms with E-state index in [-0.39, 0.29) is 11.2 Å². The van der Waals surface area contributed by atoms with Crippen LogP contribution in [0.15, 0.2) is 29.2 Å². The molecule has 0 bridgehead atoms. The molecule has 0 saturated carbocycles. The SMILES string of the molecule is CCCC(CBr)(CCC)CS(=O)(=O)c1ccccc1C. The number of rotatable bonds is 8. The van der Waals surface area contributed by atoms with Gasteiger partial charge < -0.3 is 0 Å². The minimum absolute atomic E-state index is 0.148. The van der Waals surface area contributed by atoms with Gasteiger partial charge in [-0.2, -0.15) is 0 Å². The van der Waals surface area contributed by atoms with Crippen molar-refractivity contribution in [1.82, 2.24) is 0 Å². The van der Waals surface area contributed by atoms with E-state index in [2.05, 4.69) is 29.8 Å². The highest BCUT2D eigenvalue weighted by molar-refractivity contribution is 9.09. The Morgan fingerprint density at radius 2 is 1.65 bits per heavy atom. The lowest BCUT2D eigenvalue weighted by molar-refractivity contribution is 0.314. The predicted molar refractivity (Wildman–Crippen MR) is 89.3 cm³/mol. The Labute approximate surface area is 132 Å². The van der Waals surface area contributed by atoms with Crippen LogP contribution in [0.3, 0.4) is 0 Å². The first-order chi connectivity index (χ1) is 9.40. The summed E-state index contributed by atoms with van der Waals surface area (Å²) in [5, 5.41) is 0.743. The Morgan fingerprint density at radius 1 is 1.10 bits per heavy atom. The zero-order chi connectivity index (χ0) is 15.2. The molecule has 0 heterocycles. The molecule has 0 aliphatic heterocycles. The van der Waals surface area contributed by atoms with E-state index in [0.717, 1.165) is 36.6 Å². The van der Waals surface area contributed by atoms with Gasteiger partial charge in [0.2, 0.25) is 0 Å². The van der Waals surface area contributed by atoms with Crippen LogP contribution in [0.25, 0.3) is 0 Å². The number of benzene rings is 1. The van der Waals surface area contributed by atoms with E-state index in [1.807, 2.05) is 19.1 Å². The lowest BCUT2D eigenvalue weighted by Gasteiger charge is -2.31. The maximum Gasteiger partial charge on any atom is 0.179 e. The van der Waals surface area contributed by atoms with Crippen molar-refractivity contribution >= 4 is 25.8 Å². The third kappa shape index (κ3) is 4.32. The predicted octanol–water partition coefficient (Wildman–Crippen LogP) is 4.75. The highest BCUT2D eigenvalue weighted by Crippen LogP contribution is 2.35. The van der Waals surface area contributed by atoms with Crippen LogP contribution < -0.4 is 0 Å². The summed E-state index contributed by atoms with van der Waals surface area (Å²) in [7, 11) is -3.24. The third-order valence-electron chi connectivity index (χ3n) is 3.77. The van der Waals surface area contributed by atoms with Gasteiger partial charge in [-0.3, -0.25) is 0 Å². The Balaban J connectivity index is 3.12. The molecule has 4 heteroatoms. The maximum absolute atomic E-state index is 12.8. The Kier molecular flexibility index (Phi) is 6.73. The summed E-state index contributed by atoms with van der Waals surface area (Å²) in [4.78, 5) is 0.484. The van der Waals surface area contributed by atoms with E-state index in [1.165, 1.54) is 0 Å². The van der Waals surface area contributed by atoms with Crippen LogP contribution in [0, 0.1) is 12.3 Å². The molecule has 0 amide bonds. The number of aryl methyl sites for hydroxylation is 1. The molecule has 0 aromatic heterocycles. The van der Waals surface area contributed by atoms with Crippen LogP contribution in [0.5, 0.6) is 0 Å². The van der Waals surface area contributed by atoms with Crippen molar-refractivity contribution in [2.75, 3.05) is 11.1 Å². The normalized spacial score (nSPS) is 12.6. The van der Waals surface area contributed by atoms with Gasteiger partial charge in [-0.05, 0) is 36.8 Å². The van der Waals surface area contributed by atoms with Gasteiger partial charge in [0.15, 0.2) is 9.84 Å². The van der Waals surface area contributed by atoms with Gasteiger partial charge in [0.1, 0.15) is 0 Å². The smallest absolute Gasteiger partial charge is 0.179 e. The minimum atomic E-state index is -3.24. The monoisotopic (exact) mass is 360 g/mol. The Bertz CT molecular complexity index is 517. The molecule has 0 fully saturated rings. The van der Waals surface area contributed by atoms with Crippen molar-refractivity contribution in [3.63, 3.8) is 0 Å². The van der Waals surface area contributed by atoms with Crippen LogP contribution in [-0.2, 0) is 9.84 Å². The van der Waals surface area contributed by atoms with Crippen molar-refractivity contribution in [2.24, 2.45) is 5.41 Å². The molecular formula is C16H25BrO2S. The molecule has 0 N–H and O–H groups in total. The number of hydrogen-bond donors (Lipinski definition) is 0. The lowest BCUT2D eigenvalue weighted by Crippen LogP contribution is -2.32. The first-order valence-corrected chi connectivity index (χ1v) is 10.0. The molecule has 0 aliphatic rings. The van der Waals surface area contributed by atoms with Gasteiger partial charge in [-0.15, -0.1) is 0 Å². The van der Waals surface area contributed by atoms with Crippen LogP contribution in [0.2, 0.25) is 0 Å². The van der Waals surface area contributed by atoms with E-state index < -0.39 is 9.84 Å². The standard InChI is InChI=1S/C16H25BrO2S/c1-4-10-16(12-17,11-5-2)13-20(18,19)15-9-7-6-8-14(15)3/h6-9H,4-5,10-13H2,1-3H3. The summed E-state index contributed by atoms with van der Waals surface area (Å²) in [6, 6.07) is 7.27. The van der Waals surface area contributed by atoms with Crippen molar-refractivity contribution < 1.29 is 8.42 Å². The highest BCUT2D eigenvalue weighted by atomic mass is 79.9. The molecule has 0 aliphatic carbocycles. The molecular weight excluding hydrogens is 336 g/mol. The zero-order valence-electron chi connectivity index (χ0n) is 12.7. The molecule has 0 radical (unpaired) electrons. The molecule has 2 nitrogen and oxygen atoms in total. The van der Waals surface area contributed by atoms with Crippen molar-refractivity contribution in [3.05, 3.63) is 29.8 Å². The summed E-state index contributed by atoms with van der Waals surface area (Å²) in [5.74, 6) is 0.234. The second-order valence-electron chi connectivity index (χ2n) is 5.66. The molecule has 0 unspecified atom stereocenters. The summed E-state index contributed by atoms with van der Waals surface area (Å²) in [6.45, 7) is 6.10. The van der Waals surface area contributed by atoms with Gasteiger partial charge in [-0.1, -0.05) is 60.8 Å². The topological polar surface area (TPSA) is 34.1 Å². The summed E-state index contributed by atoms with van der Waals surface area (Å²) in [6.07, 6.45) is 3.90. The largest absolute Gasteiger partial charge is 0.224 e. The second kappa shape index (κ2) is 7.60. The molecule has 114 valence electrons. The lowest BCUT2D eigenvalue weighted by atomic mass is 9.83. The molecule has 0 spiro atoms. The zero-order valence-corrected chi connectivity index (χ0v) is 15.1. The fourth-order valence-electron chi connectivity index (χ4n) is 2.89. The van der Waals surface area contributed by atoms with Gasteiger partial charge in [-0.25, -0.2) is 8.42 Å². The first-order valence-electron chi connectivity index (χ1n) is 7.25. The number of sulfone groups is 1. The quantitative estimate of drug-likeness (QED) is 0.626. The summed E-state index contributed by atoms with van der Waals surface area (Å²) < 4.78 is 25.5. The van der Waals surface area contributed by atoms with Gasteiger partial charge in [0.25, 0.3) is 0 Å². The fourth-order valence-corrected chi connectivity index (χ4v) is 6.11. The summed E-state index contributed by atoms with van der Waals surface area (Å²) >= 11 is 3.55. The van der Waals surface area contributed by atoms with Gasteiger partial charge in [0, 0.05) is 5.33 Å². The van der Waals surface area contributed by atoms with Crippen molar-refractivity contribution in [1.29, 1.82) is 0 Å². The van der Waals surface area contributed by atoms with E-state index in [1.54, 1.807) is 12.1 Å². The average Bonchev–Trinajstić information content (AvgIpc) is 2.39. The molecule has 1 aromatic carbocycles. The number of halogens is 1. The first kappa shape index (κ1) is 17.7. The molecule has 0 saturated heterocycles. The third-order valence-corrected chi connectivity index (χ3v) is 7.08.